The van der Waals surface area contributed by atoms with Crippen molar-refractivity contribution in [2.75, 3.05) is 10.6 Å². The van der Waals surface area contributed by atoms with Gasteiger partial charge in [-0.15, -0.1) is 0 Å². The third-order valence-corrected chi connectivity index (χ3v) is 4.79. The number of hydrogen-bond acceptors (Lipinski definition) is 4. The number of nitrogens with zero attached hydrogens (tertiary/aromatic N) is 2. The van der Waals surface area contributed by atoms with Gasteiger partial charge in [-0.3, -0.25) is 4.79 Å². The van der Waals surface area contributed by atoms with Crippen molar-refractivity contribution < 1.29 is 23.5 Å². The van der Waals surface area contributed by atoms with E-state index in [1.807, 2.05) is 19.1 Å². The van der Waals surface area contributed by atoms with Crippen molar-refractivity contribution in [3.63, 3.8) is 0 Å². The van der Waals surface area contributed by atoms with Crippen LogP contribution in [0.2, 0.25) is 0 Å². The first-order valence-electron chi connectivity index (χ1n) is 8.96. The lowest BCUT2D eigenvalue weighted by molar-refractivity contribution is -0.132. The number of carboxylic acid groups (broad SMARTS) is 1. The Bertz CT molecular complexity index is 1200. The first-order chi connectivity index (χ1) is 14.3. The highest BCUT2D eigenvalue weighted by Crippen LogP contribution is 2.33. The van der Waals surface area contributed by atoms with E-state index in [-0.39, 0.29) is 22.6 Å². The summed E-state index contributed by atoms with van der Waals surface area (Å²) in [7, 11) is 0. The summed E-state index contributed by atoms with van der Waals surface area (Å²) in [6.07, 6.45) is 2.52. The molecule has 1 aliphatic rings. The zero-order valence-electron chi connectivity index (χ0n) is 15.7. The highest BCUT2D eigenvalue weighted by molar-refractivity contribution is 6.08. The second-order valence-electron chi connectivity index (χ2n) is 6.74. The summed E-state index contributed by atoms with van der Waals surface area (Å²) in [5.74, 6) is -3.32. The minimum Gasteiger partial charge on any atom is -0.477 e. The molecule has 0 unspecified atom stereocenters. The number of benzene rings is 2. The quantitative estimate of drug-likeness (QED) is 0.610. The Morgan fingerprint density at radius 1 is 1.20 bits per heavy atom. The number of anilines is 2. The molecule has 1 amide bonds. The molecular weight excluding hydrogens is 394 g/mol. The number of aryl methyl sites for hydroxylation is 1. The van der Waals surface area contributed by atoms with Gasteiger partial charge in [0.15, 0.2) is 0 Å². The number of rotatable bonds is 4. The van der Waals surface area contributed by atoms with Gasteiger partial charge in [-0.05, 0) is 30.7 Å². The van der Waals surface area contributed by atoms with E-state index in [1.54, 1.807) is 12.1 Å². The van der Waals surface area contributed by atoms with Crippen LogP contribution in [-0.2, 0) is 4.79 Å². The largest absolute Gasteiger partial charge is 0.477 e. The van der Waals surface area contributed by atoms with Gasteiger partial charge in [-0.25, -0.2) is 18.3 Å². The van der Waals surface area contributed by atoms with E-state index in [4.69, 9.17) is 0 Å². The van der Waals surface area contributed by atoms with Crippen molar-refractivity contribution in [2.24, 2.45) is 0 Å². The number of para-hydroxylation sites is 1. The zero-order valence-corrected chi connectivity index (χ0v) is 15.7. The van der Waals surface area contributed by atoms with Gasteiger partial charge in [0, 0.05) is 17.3 Å². The van der Waals surface area contributed by atoms with E-state index in [9.17, 15) is 23.5 Å². The van der Waals surface area contributed by atoms with Crippen LogP contribution in [0.15, 0.2) is 60.4 Å². The van der Waals surface area contributed by atoms with Crippen molar-refractivity contribution >= 4 is 23.4 Å². The molecule has 0 bridgehead atoms. The molecule has 0 fully saturated rings. The SMILES string of the molecule is Cc1ccccc1NC(=O)c1cnn2c1NC(C(=O)O)=C[C@@H]2c1ccc(F)cc1F. The second kappa shape index (κ2) is 7.43. The number of hydrogen-bond donors (Lipinski definition) is 3. The minimum absolute atomic E-state index is 0.0202. The maximum absolute atomic E-state index is 14.4. The lowest BCUT2D eigenvalue weighted by Crippen LogP contribution is -2.26. The fraction of sp³-hybridized carbons (Fsp3) is 0.0952. The molecule has 0 aliphatic carbocycles. The molecule has 3 N–H and O–H groups in total. The molecule has 1 aliphatic heterocycles. The fourth-order valence-corrected chi connectivity index (χ4v) is 3.25. The highest BCUT2D eigenvalue weighted by Gasteiger charge is 2.31. The summed E-state index contributed by atoms with van der Waals surface area (Å²) in [4.78, 5) is 24.4. The Morgan fingerprint density at radius 3 is 2.67 bits per heavy atom. The first kappa shape index (κ1) is 19.3. The molecule has 2 aromatic carbocycles. The van der Waals surface area contributed by atoms with Gasteiger partial charge in [0.25, 0.3) is 5.91 Å². The molecule has 9 heteroatoms. The predicted molar refractivity (Wildman–Crippen MR) is 105 cm³/mol. The van der Waals surface area contributed by atoms with Crippen LogP contribution in [0.4, 0.5) is 20.3 Å². The number of halogens is 2. The number of carbonyl (C=O) groups is 2. The molecule has 3 aromatic rings. The molecule has 7 nitrogen and oxygen atoms in total. The summed E-state index contributed by atoms with van der Waals surface area (Å²) in [6.45, 7) is 1.83. The van der Waals surface area contributed by atoms with Crippen LogP contribution in [-0.4, -0.2) is 26.8 Å². The monoisotopic (exact) mass is 410 g/mol. The van der Waals surface area contributed by atoms with Crippen LogP contribution in [0, 0.1) is 18.6 Å². The van der Waals surface area contributed by atoms with E-state index >= 15 is 0 Å². The first-order valence-corrected chi connectivity index (χ1v) is 8.96. The number of carboxylic acids is 1. The summed E-state index contributed by atoms with van der Waals surface area (Å²) in [6, 6.07) is 9.19. The van der Waals surface area contributed by atoms with Gasteiger partial charge in [0.1, 0.15) is 34.8 Å². The van der Waals surface area contributed by atoms with Crippen molar-refractivity contribution in [1.82, 2.24) is 9.78 Å². The molecule has 1 aromatic heterocycles. The standard InChI is InChI=1S/C21H16F2N4O3/c1-11-4-2-3-5-16(11)26-20(28)14-10-24-27-18(9-17(21(29)30)25-19(14)27)13-7-6-12(22)8-15(13)23/h2-10,18,25H,1H3,(H,26,28)(H,29,30)/t18-/m1/s1. The summed E-state index contributed by atoms with van der Waals surface area (Å²) in [5.41, 5.74) is 1.29. The third kappa shape index (κ3) is 3.41. The van der Waals surface area contributed by atoms with Crippen molar-refractivity contribution in [2.45, 2.75) is 13.0 Å². The number of fused-ring (bicyclic) bond motifs is 1. The maximum atomic E-state index is 14.4. The van der Waals surface area contributed by atoms with Crippen LogP contribution < -0.4 is 10.6 Å². The van der Waals surface area contributed by atoms with E-state index in [0.717, 1.165) is 11.6 Å². The number of carbonyl (C=O) groups excluding carboxylic acids is 1. The lowest BCUT2D eigenvalue weighted by Gasteiger charge is -2.24. The Balaban J connectivity index is 1.76. The van der Waals surface area contributed by atoms with Gasteiger partial charge >= 0.3 is 5.97 Å². The average Bonchev–Trinajstić information content (AvgIpc) is 3.13. The lowest BCUT2D eigenvalue weighted by atomic mass is 10.0. The summed E-state index contributed by atoms with van der Waals surface area (Å²) in [5, 5.41) is 19.0. The van der Waals surface area contributed by atoms with Crippen LogP contribution in [0.25, 0.3) is 0 Å². The van der Waals surface area contributed by atoms with E-state index < -0.39 is 29.6 Å². The van der Waals surface area contributed by atoms with Crippen LogP contribution in [0.1, 0.15) is 27.5 Å². The maximum Gasteiger partial charge on any atom is 0.352 e. The van der Waals surface area contributed by atoms with Crippen molar-refractivity contribution in [3.05, 3.63) is 88.8 Å². The fourth-order valence-electron chi connectivity index (χ4n) is 3.25. The Labute approximate surface area is 169 Å². The summed E-state index contributed by atoms with van der Waals surface area (Å²) < 4.78 is 29.0. The molecule has 0 spiro atoms. The molecule has 2 heterocycles. The van der Waals surface area contributed by atoms with E-state index in [1.165, 1.54) is 23.0 Å². The highest BCUT2D eigenvalue weighted by atomic mass is 19.1. The summed E-state index contributed by atoms with van der Waals surface area (Å²) >= 11 is 0. The number of aromatic nitrogens is 2. The van der Waals surface area contributed by atoms with Gasteiger partial charge in [0.2, 0.25) is 0 Å². The molecule has 30 heavy (non-hydrogen) atoms. The minimum atomic E-state index is -1.29. The molecule has 1 atom stereocenters. The topological polar surface area (TPSA) is 96.3 Å². The molecule has 0 saturated carbocycles. The van der Waals surface area contributed by atoms with Crippen molar-refractivity contribution in [3.8, 4) is 0 Å². The normalized spacial score (nSPS) is 15.0. The smallest absolute Gasteiger partial charge is 0.352 e. The number of allylic oxidation sites excluding steroid dienone is 1. The van der Waals surface area contributed by atoms with Gasteiger partial charge in [-0.2, -0.15) is 5.10 Å². The van der Waals surface area contributed by atoms with Crippen LogP contribution >= 0.6 is 0 Å². The van der Waals surface area contributed by atoms with Crippen LogP contribution in [0.5, 0.6) is 0 Å². The number of amides is 1. The molecule has 0 saturated heterocycles. The Morgan fingerprint density at radius 2 is 1.97 bits per heavy atom. The molecular formula is C21H16F2N4O3. The second-order valence-corrected chi connectivity index (χ2v) is 6.74. The zero-order chi connectivity index (χ0) is 21.4. The number of nitrogens with one attached hydrogen (secondary N) is 2. The van der Waals surface area contributed by atoms with Gasteiger partial charge in [-0.1, -0.05) is 24.3 Å². The van der Waals surface area contributed by atoms with Gasteiger partial charge < -0.3 is 15.7 Å². The van der Waals surface area contributed by atoms with Crippen LogP contribution in [0.3, 0.4) is 0 Å². The Hall–Kier alpha value is -4.01. The predicted octanol–water partition coefficient (Wildman–Crippen LogP) is 3.71. The van der Waals surface area contributed by atoms with E-state index in [0.29, 0.717) is 11.8 Å². The molecule has 4 rings (SSSR count). The Kier molecular flexibility index (Phi) is 4.78. The molecule has 0 radical (unpaired) electrons. The third-order valence-electron chi connectivity index (χ3n) is 4.79. The number of aliphatic carboxylic acids is 1. The average molecular weight is 410 g/mol. The molecule has 152 valence electrons. The van der Waals surface area contributed by atoms with Crippen molar-refractivity contribution in [1.29, 1.82) is 0 Å². The van der Waals surface area contributed by atoms with Gasteiger partial charge in [0.05, 0.1) is 6.20 Å². The van der Waals surface area contributed by atoms with E-state index in [2.05, 4.69) is 15.7 Å².